The summed E-state index contributed by atoms with van der Waals surface area (Å²) in [7, 11) is 0. The first-order valence-electron chi connectivity index (χ1n) is 8.42. The molecule has 2 heteroatoms. The molecule has 0 heterocycles. The lowest BCUT2D eigenvalue weighted by Gasteiger charge is -2.20. The van der Waals surface area contributed by atoms with Gasteiger partial charge in [0.15, 0.2) is 0 Å². The summed E-state index contributed by atoms with van der Waals surface area (Å²) >= 11 is 6.30. The first kappa shape index (κ1) is 19.2. The van der Waals surface area contributed by atoms with Crippen LogP contribution in [0.25, 0.3) is 0 Å². The van der Waals surface area contributed by atoms with Gasteiger partial charge in [0.05, 0.1) is 0 Å². The number of aliphatic hydroxyl groups excluding tert-OH is 1. The van der Waals surface area contributed by atoms with Gasteiger partial charge in [-0.2, -0.15) is 0 Å². The van der Waals surface area contributed by atoms with E-state index in [-0.39, 0.29) is 11.5 Å². The largest absolute Gasteiger partial charge is 0.396 e. The van der Waals surface area contributed by atoms with Gasteiger partial charge in [-0.1, -0.05) is 77.6 Å². The van der Waals surface area contributed by atoms with Crippen LogP contribution in [0.15, 0.2) is 0 Å². The Labute approximate surface area is 126 Å². The topological polar surface area (TPSA) is 20.2 Å². The molecule has 116 valence electrons. The molecular formula is C17H35ClO. The number of aliphatic hydroxyl groups is 1. The molecule has 0 aliphatic heterocycles. The van der Waals surface area contributed by atoms with Crippen molar-refractivity contribution in [2.75, 3.05) is 6.61 Å². The van der Waals surface area contributed by atoms with Crippen LogP contribution >= 0.6 is 11.6 Å². The maximum atomic E-state index is 8.89. The van der Waals surface area contributed by atoms with E-state index in [0.29, 0.717) is 6.42 Å². The van der Waals surface area contributed by atoms with Crippen molar-refractivity contribution in [1.29, 1.82) is 0 Å². The van der Waals surface area contributed by atoms with E-state index in [2.05, 4.69) is 6.92 Å². The highest BCUT2D eigenvalue weighted by atomic mass is 35.5. The van der Waals surface area contributed by atoms with Crippen molar-refractivity contribution in [3.63, 3.8) is 0 Å². The summed E-state index contributed by atoms with van der Waals surface area (Å²) in [6.07, 6.45) is 16.8. The second-order valence-electron chi connectivity index (χ2n) is 6.17. The molecule has 0 aromatic heterocycles. The van der Waals surface area contributed by atoms with E-state index < -0.39 is 0 Å². The molecule has 0 saturated carbocycles. The van der Waals surface area contributed by atoms with Gasteiger partial charge in [0.25, 0.3) is 0 Å². The fourth-order valence-corrected chi connectivity index (χ4v) is 2.73. The Balaban J connectivity index is 3.14. The predicted molar refractivity (Wildman–Crippen MR) is 87.0 cm³/mol. The first-order valence-corrected chi connectivity index (χ1v) is 8.80. The molecule has 0 aliphatic carbocycles. The molecule has 0 rings (SSSR count). The lowest BCUT2D eigenvalue weighted by molar-refractivity contribution is 0.265. The number of unbranched alkanes of at least 4 members (excludes halogenated alkanes) is 10. The molecule has 0 amide bonds. The zero-order chi connectivity index (χ0) is 14.4. The Morgan fingerprint density at radius 1 is 0.737 bits per heavy atom. The van der Waals surface area contributed by atoms with Gasteiger partial charge in [0, 0.05) is 11.5 Å². The van der Waals surface area contributed by atoms with E-state index in [0.717, 1.165) is 6.42 Å². The van der Waals surface area contributed by atoms with Crippen LogP contribution in [-0.4, -0.2) is 16.6 Å². The molecule has 1 unspecified atom stereocenters. The van der Waals surface area contributed by atoms with Crippen LogP contribution in [0.1, 0.15) is 97.3 Å². The highest BCUT2D eigenvalue weighted by Gasteiger charge is 2.18. The number of halogens is 1. The minimum Gasteiger partial charge on any atom is -0.396 e. The van der Waals surface area contributed by atoms with Crippen LogP contribution in [0, 0.1) is 0 Å². The molecule has 0 radical (unpaired) electrons. The lowest BCUT2D eigenvalue weighted by Crippen LogP contribution is -2.17. The summed E-state index contributed by atoms with van der Waals surface area (Å²) < 4.78 is 0. The van der Waals surface area contributed by atoms with Crippen molar-refractivity contribution in [2.24, 2.45) is 0 Å². The van der Waals surface area contributed by atoms with Gasteiger partial charge in [0.1, 0.15) is 0 Å². The van der Waals surface area contributed by atoms with Gasteiger partial charge < -0.3 is 5.11 Å². The maximum Gasteiger partial charge on any atom is 0.0447 e. The normalized spacial score (nSPS) is 14.5. The van der Waals surface area contributed by atoms with E-state index in [1.807, 2.05) is 6.92 Å². The summed E-state index contributed by atoms with van der Waals surface area (Å²) in [5.41, 5.74) is 0. The third-order valence-corrected chi connectivity index (χ3v) is 4.31. The molecular weight excluding hydrogens is 256 g/mol. The SMILES string of the molecule is CCCCCCCCCCCCCC(C)(Cl)CCO. The second-order valence-corrected chi connectivity index (χ2v) is 7.08. The van der Waals surface area contributed by atoms with E-state index in [1.54, 1.807) is 0 Å². The van der Waals surface area contributed by atoms with Gasteiger partial charge >= 0.3 is 0 Å². The van der Waals surface area contributed by atoms with E-state index in [9.17, 15) is 0 Å². The summed E-state index contributed by atoms with van der Waals surface area (Å²) in [4.78, 5) is -0.186. The third-order valence-electron chi connectivity index (χ3n) is 3.93. The fourth-order valence-electron chi connectivity index (χ4n) is 2.52. The Morgan fingerprint density at radius 2 is 1.16 bits per heavy atom. The highest BCUT2D eigenvalue weighted by Crippen LogP contribution is 2.26. The smallest absolute Gasteiger partial charge is 0.0447 e. The lowest BCUT2D eigenvalue weighted by atomic mass is 9.98. The number of hydrogen-bond acceptors (Lipinski definition) is 1. The molecule has 1 N–H and O–H groups in total. The van der Waals surface area contributed by atoms with Crippen molar-refractivity contribution in [3.8, 4) is 0 Å². The number of hydrogen-bond donors (Lipinski definition) is 1. The van der Waals surface area contributed by atoms with Crippen molar-refractivity contribution in [2.45, 2.75) is 102 Å². The maximum absolute atomic E-state index is 8.89. The Kier molecular flexibility index (Phi) is 13.4. The van der Waals surface area contributed by atoms with Gasteiger partial charge in [0.2, 0.25) is 0 Å². The third kappa shape index (κ3) is 14.5. The van der Waals surface area contributed by atoms with Gasteiger partial charge in [-0.3, -0.25) is 0 Å². The van der Waals surface area contributed by atoms with E-state index in [4.69, 9.17) is 16.7 Å². The van der Waals surface area contributed by atoms with Crippen LogP contribution in [0.4, 0.5) is 0 Å². The van der Waals surface area contributed by atoms with E-state index in [1.165, 1.54) is 70.6 Å². The van der Waals surface area contributed by atoms with Crippen LogP contribution in [0.5, 0.6) is 0 Å². The van der Waals surface area contributed by atoms with Gasteiger partial charge in [-0.25, -0.2) is 0 Å². The first-order chi connectivity index (χ1) is 9.12. The average Bonchev–Trinajstić information content (AvgIpc) is 2.36. The summed E-state index contributed by atoms with van der Waals surface area (Å²) in [6, 6.07) is 0. The molecule has 1 nitrogen and oxygen atoms in total. The highest BCUT2D eigenvalue weighted by molar-refractivity contribution is 6.23. The number of rotatable bonds is 14. The van der Waals surface area contributed by atoms with Crippen LogP contribution in [-0.2, 0) is 0 Å². The monoisotopic (exact) mass is 290 g/mol. The second kappa shape index (κ2) is 13.2. The zero-order valence-corrected chi connectivity index (χ0v) is 14.0. The van der Waals surface area contributed by atoms with Crippen molar-refractivity contribution < 1.29 is 5.11 Å². The Hall–Kier alpha value is 0.250. The molecule has 1 atom stereocenters. The molecule has 0 fully saturated rings. The van der Waals surface area contributed by atoms with Crippen molar-refractivity contribution in [1.82, 2.24) is 0 Å². The standard InChI is InChI=1S/C17H35ClO/c1-3-4-5-6-7-8-9-10-11-12-13-14-17(2,18)15-16-19/h19H,3-16H2,1-2H3. The molecule has 0 spiro atoms. The molecule has 0 aromatic carbocycles. The molecule has 19 heavy (non-hydrogen) atoms. The quantitative estimate of drug-likeness (QED) is 0.304. The Morgan fingerprint density at radius 3 is 1.58 bits per heavy atom. The van der Waals surface area contributed by atoms with Crippen molar-refractivity contribution in [3.05, 3.63) is 0 Å². The average molecular weight is 291 g/mol. The van der Waals surface area contributed by atoms with Crippen LogP contribution < -0.4 is 0 Å². The molecule has 0 saturated heterocycles. The minimum absolute atomic E-state index is 0.186. The van der Waals surface area contributed by atoms with Gasteiger partial charge in [-0.15, -0.1) is 11.6 Å². The Bertz CT molecular complexity index is 180. The summed E-state index contributed by atoms with van der Waals surface area (Å²) in [6.45, 7) is 4.52. The molecule has 0 bridgehead atoms. The van der Waals surface area contributed by atoms with Gasteiger partial charge in [-0.05, 0) is 19.8 Å². The van der Waals surface area contributed by atoms with Crippen molar-refractivity contribution >= 4 is 11.6 Å². The predicted octanol–water partition coefficient (Wildman–Crippen LogP) is 6.07. The molecule has 0 aliphatic rings. The summed E-state index contributed by atoms with van der Waals surface area (Å²) in [5.74, 6) is 0. The minimum atomic E-state index is -0.186. The number of alkyl halides is 1. The zero-order valence-electron chi connectivity index (χ0n) is 13.2. The van der Waals surface area contributed by atoms with E-state index >= 15 is 0 Å². The summed E-state index contributed by atoms with van der Waals surface area (Å²) in [5, 5.41) is 8.89. The van der Waals surface area contributed by atoms with Crippen LogP contribution in [0.2, 0.25) is 0 Å². The van der Waals surface area contributed by atoms with Crippen LogP contribution in [0.3, 0.4) is 0 Å². The molecule has 0 aromatic rings. The fraction of sp³-hybridized carbons (Fsp3) is 1.00.